The van der Waals surface area contributed by atoms with Gasteiger partial charge in [0.05, 0.1) is 11.6 Å². The first-order chi connectivity index (χ1) is 10.3. The Hall–Kier alpha value is -1.39. The minimum absolute atomic E-state index is 0.0289. The predicted octanol–water partition coefficient (Wildman–Crippen LogP) is 4.17. The Kier molecular flexibility index (Phi) is 4.93. The number of aromatic nitrogens is 3. The fraction of sp³-hybridized carbons (Fsp3) is 0.529. The molecule has 0 fully saturated rings. The summed E-state index contributed by atoms with van der Waals surface area (Å²) < 4.78 is 7.86. The van der Waals surface area contributed by atoms with Crippen molar-refractivity contribution >= 4 is 11.6 Å². The van der Waals surface area contributed by atoms with Gasteiger partial charge in [0.1, 0.15) is 12.7 Å². The molecule has 5 heteroatoms. The molecular weight excluding hydrogens is 298 g/mol. The van der Waals surface area contributed by atoms with Crippen LogP contribution in [0.2, 0.25) is 5.02 Å². The fourth-order valence-electron chi connectivity index (χ4n) is 2.70. The number of rotatable bonds is 5. The van der Waals surface area contributed by atoms with Crippen LogP contribution in [0.1, 0.15) is 39.3 Å². The summed E-state index contributed by atoms with van der Waals surface area (Å²) >= 11 is 5.99. The first-order valence-corrected chi connectivity index (χ1v) is 7.79. The molecule has 0 saturated carbocycles. The Bertz CT molecular complexity index is 589. The molecule has 4 nitrogen and oxygen atoms in total. The molecule has 0 bridgehead atoms. The Morgan fingerprint density at radius 2 is 1.82 bits per heavy atom. The number of ether oxygens (including phenoxy) is 1. The lowest BCUT2D eigenvalue weighted by atomic mass is 9.71. The molecule has 2 atom stereocenters. The number of methoxy groups -OCH3 is 1. The number of hydrogen-bond donors (Lipinski definition) is 0. The molecule has 1 heterocycles. The quantitative estimate of drug-likeness (QED) is 0.830. The Morgan fingerprint density at radius 1 is 1.18 bits per heavy atom. The van der Waals surface area contributed by atoms with E-state index in [0.29, 0.717) is 0 Å². The molecule has 2 rings (SSSR count). The van der Waals surface area contributed by atoms with Gasteiger partial charge in [-0.05, 0) is 36.5 Å². The second-order valence-electron chi connectivity index (χ2n) is 6.78. The van der Waals surface area contributed by atoms with E-state index in [0.717, 1.165) is 11.4 Å². The van der Waals surface area contributed by atoms with Gasteiger partial charge in [0.2, 0.25) is 0 Å². The van der Waals surface area contributed by atoms with Gasteiger partial charge >= 0.3 is 0 Å². The molecule has 0 aliphatic rings. The van der Waals surface area contributed by atoms with Crippen LogP contribution in [0.5, 0.6) is 0 Å². The highest BCUT2D eigenvalue weighted by Crippen LogP contribution is 2.42. The van der Waals surface area contributed by atoms with Crippen molar-refractivity contribution in [3.8, 4) is 0 Å². The van der Waals surface area contributed by atoms with Crippen LogP contribution in [-0.4, -0.2) is 27.5 Å². The zero-order valence-corrected chi connectivity index (χ0v) is 14.6. The van der Waals surface area contributed by atoms with E-state index in [1.807, 2.05) is 28.9 Å². The second kappa shape index (κ2) is 6.39. The summed E-state index contributed by atoms with van der Waals surface area (Å²) in [6, 6.07) is 7.95. The number of halogens is 1. The van der Waals surface area contributed by atoms with Crippen LogP contribution in [0.3, 0.4) is 0 Å². The highest BCUT2D eigenvalue weighted by Gasteiger charge is 2.46. The maximum absolute atomic E-state index is 5.99. The van der Waals surface area contributed by atoms with Gasteiger partial charge in [-0.3, -0.25) is 0 Å². The van der Waals surface area contributed by atoms with Crippen molar-refractivity contribution in [2.75, 3.05) is 7.11 Å². The molecule has 22 heavy (non-hydrogen) atoms. The number of hydrogen-bond acceptors (Lipinski definition) is 3. The first kappa shape index (κ1) is 17.0. The molecule has 2 unspecified atom stereocenters. The minimum atomic E-state index is -0.402. The van der Waals surface area contributed by atoms with Crippen molar-refractivity contribution in [1.29, 1.82) is 0 Å². The zero-order chi connectivity index (χ0) is 16.4. The third kappa shape index (κ3) is 3.33. The smallest absolute Gasteiger partial charge is 0.137 e. The maximum atomic E-state index is 5.99. The summed E-state index contributed by atoms with van der Waals surface area (Å²) in [7, 11) is 1.76. The summed E-state index contributed by atoms with van der Waals surface area (Å²) in [5.74, 6) is 0. The molecule has 0 amide bonds. The lowest BCUT2D eigenvalue weighted by Crippen LogP contribution is -2.50. The standard InChI is InChI=1S/C17H24ClN3O/c1-16(2,3)17(4,22-5)15(21-12-19-11-20-21)10-13-6-8-14(18)9-7-13/h6-9,11-12,15H,10H2,1-5H3. The zero-order valence-electron chi connectivity index (χ0n) is 13.9. The number of benzene rings is 1. The summed E-state index contributed by atoms with van der Waals surface area (Å²) in [5, 5.41) is 5.10. The molecule has 0 aliphatic carbocycles. The average Bonchev–Trinajstić information content (AvgIpc) is 2.98. The molecule has 0 saturated heterocycles. The van der Waals surface area contributed by atoms with Crippen LogP contribution in [0.15, 0.2) is 36.9 Å². The van der Waals surface area contributed by atoms with Gasteiger partial charge in [0, 0.05) is 12.1 Å². The molecule has 0 spiro atoms. The van der Waals surface area contributed by atoms with E-state index < -0.39 is 5.60 Å². The van der Waals surface area contributed by atoms with E-state index in [9.17, 15) is 0 Å². The van der Waals surface area contributed by atoms with E-state index in [1.165, 1.54) is 5.56 Å². The Balaban J connectivity index is 2.41. The van der Waals surface area contributed by atoms with Crippen molar-refractivity contribution in [2.24, 2.45) is 5.41 Å². The van der Waals surface area contributed by atoms with Crippen LogP contribution < -0.4 is 0 Å². The molecule has 1 aromatic carbocycles. The summed E-state index contributed by atoms with van der Waals surface area (Å²) in [6.07, 6.45) is 4.11. The highest BCUT2D eigenvalue weighted by molar-refractivity contribution is 6.30. The normalized spacial score (nSPS) is 16.3. The van der Waals surface area contributed by atoms with Gasteiger partial charge in [0.25, 0.3) is 0 Å². The second-order valence-corrected chi connectivity index (χ2v) is 7.22. The number of nitrogens with zero attached hydrogens (tertiary/aromatic N) is 3. The van der Waals surface area contributed by atoms with Crippen LogP contribution in [0, 0.1) is 5.41 Å². The van der Waals surface area contributed by atoms with Crippen LogP contribution in [-0.2, 0) is 11.2 Å². The van der Waals surface area contributed by atoms with Gasteiger partial charge in [-0.2, -0.15) is 5.10 Å². The Morgan fingerprint density at radius 3 is 2.27 bits per heavy atom. The molecular formula is C17H24ClN3O. The van der Waals surface area contributed by atoms with Crippen molar-refractivity contribution < 1.29 is 4.74 Å². The van der Waals surface area contributed by atoms with Crippen LogP contribution >= 0.6 is 11.6 Å². The topological polar surface area (TPSA) is 39.9 Å². The monoisotopic (exact) mass is 321 g/mol. The SMILES string of the molecule is COC(C)(C(Cc1ccc(Cl)cc1)n1cncn1)C(C)(C)C. The molecule has 1 aromatic heterocycles. The van der Waals surface area contributed by atoms with Gasteiger partial charge in [0.15, 0.2) is 0 Å². The molecule has 0 aliphatic heterocycles. The van der Waals surface area contributed by atoms with E-state index in [1.54, 1.807) is 19.8 Å². The lowest BCUT2D eigenvalue weighted by molar-refractivity contribution is -0.116. The third-order valence-corrected chi connectivity index (χ3v) is 4.90. The third-order valence-electron chi connectivity index (χ3n) is 4.65. The van der Waals surface area contributed by atoms with Crippen molar-refractivity contribution in [3.63, 3.8) is 0 Å². The largest absolute Gasteiger partial charge is 0.376 e. The van der Waals surface area contributed by atoms with Crippen molar-refractivity contribution in [2.45, 2.75) is 45.8 Å². The lowest BCUT2D eigenvalue weighted by Gasteiger charge is -2.46. The highest BCUT2D eigenvalue weighted by atomic mass is 35.5. The fourth-order valence-corrected chi connectivity index (χ4v) is 2.83. The van der Waals surface area contributed by atoms with Gasteiger partial charge in [-0.15, -0.1) is 0 Å². The molecule has 120 valence electrons. The van der Waals surface area contributed by atoms with Crippen LogP contribution in [0.4, 0.5) is 0 Å². The van der Waals surface area contributed by atoms with E-state index in [4.69, 9.17) is 16.3 Å². The average molecular weight is 322 g/mol. The summed E-state index contributed by atoms with van der Waals surface area (Å²) in [4.78, 5) is 4.10. The Labute approximate surface area is 137 Å². The molecule has 2 aromatic rings. The van der Waals surface area contributed by atoms with E-state index in [2.05, 4.69) is 37.8 Å². The van der Waals surface area contributed by atoms with Gasteiger partial charge in [-0.1, -0.05) is 44.5 Å². The summed E-state index contributed by atoms with van der Waals surface area (Å²) in [5.41, 5.74) is 0.725. The van der Waals surface area contributed by atoms with E-state index >= 15 is 0 Å². The van der Waals surface area contributed by atoms with Crippen molar-refractivity contribution in [3.05, 3.63) is 47.5 Å². The van der Waals surface area contributed by atoms with Crippen LogP contribution in [0.25, 0.3) is 0 Å². The predicted molar refractivity (Wildman–Crippen MR) is 89.1 cm³/mol. The maximum Gasteiger partial charge on any atom is 0.137 e. The van der Waals surface area contributed by atoms with Crippen molar-refractivity contribution in [1.82, 2.24) is 14.8 Å². The van der Waals surface area contributed by atoms with Gasteiger partial charge in [-0.25, -0.2) is 9.67 Å². The minimum Gasteiger partial charge on any atom is -0.376 e. The molecule has 0 radical (unpaired) electrons. The summed E-state index contributed by atoms with van der Waals surface area (Å²) in [6.45, 7) is 8.68. The van der Waals surface area contributed by atoms with E-state index in [-0.39, 0.29) is 11.5 Å². The van der Waals surface area contributed by atoms with Gasteiger partial charge < -0.3 is 4.74 Å². The first-order valence-electron chi connectivity index (χ1n) is 7.41. The molecule has 0 N–H and O–H groups in total.